The quantitative estimate of drug-likeness (QED) is 0.681. The third-order valence-electron chi connectivity index (χ3n) is 3.24. The molecule has 2 nitrogen and oxygen atoms in total. The second-order valence-corrected chi connectivity index (χ2v) is 17.3. The molecule has 0 N–H and O–H groups in total. The van der Waals surface area contributed by atoms with Crippen molar-refractivity contribution >= 4 is 26.3 Å². The highest BCUT2D eigenvalue weighted by Crippen LogP contribution is 2.18. The maximum Gasteiger partial charge on any atom is 0.186 e. The second-order valence-electron chi connectivity index (χ2n) is 5.24. The average Bonchev–Trinajstić information content (AvgIpc) is 1.99. The third-order valence-corrected chi connectivity index (χ3v) is 16.6. The minimum atomic E-state index is -1.26. The Kier molecular flexibility index (Phi) is 4.59. The number of nitrogens with zero attached hydrogens (tertiary/aromatic N) is 2. The molecule has 5 heteroatoms. The van der Waals surface area contributed by atoms with Crippen molar-refractivity contribution < 1.29 is 0 Å². The van der Waals surface area contributed by atoms with E-state index in [1.807, 2.05) is 0 Å². The Morgan fingerprint density at radius 3 is 1.54 bits per heavy atom. The first-order valence-corrected chi connectivity index (χ1v) is 13.5. The zero-order valence-electron chi connectivity index (χ0n) is 10.6. The largest absolute Gasteiger partial charge is 0.342 e. The molecule has 0 saturated carbocycles. The average molecular weight is 235 g/mol. The molecular formula is C8H26N2Si3. The van der Waals surface area contributed by atoms with Crippen LogP contribution in [0.1, 0.15) is 0 Å². The van der Waals surface area contributed by atoms with Crippen LogP contribution in [0.2, 0.25) is 39.3 Å². The predicted octanol–water partition coefficient (Wildman–Crippen LogP) is 1.52. The van der Waals surface area contributed by atoms with Crippen LogP contribution in [0, 0.1) is 0 Å². The molecule has 0 atom stereocenters. The van der Waals surface area contributed by atoms with E-state index in [1.54, 1.807) is 0 Å². The first-order valence-electron chi connectivity index (χ1n) is 5.09. The predicted molar refractivity (Wildman–Crippen MR) is 70.8 cm³/mol. The molecule has 0 unspecified atom stereocenters. The molecular weight excluding hydrogens is 208 g/mol. The van der Waals surface area contributed by atoms with Crippen LogP contribution >= 0.6 is 0 Å². The van der Waals surface area contributed by atoms with Gasteiger partial charge >= 0.3 is 0 Å². The maximum atomic E-state index is 2.72. The van der Waals surface area contributed by atoms with Crippen molar-refractivity contribution in [3.8, 4) is 0 Å². The summed E-state index contributed by atoms with van der Waals surface area (Å²) < 4.78 is 5.39. The summed E-state index contributed by atoms with van der Waals surface area (Å²) in [6.07, 6.45) is 0. The Bertz CT molecular complexity index is 165. The van der Waals surface area contributed by atoms with Gasteiger partial charge < -0.3 is 8.46 Å². The van der Waals surface area contributed by atoms with E-state index in [0.29, 0.717) is 0 Å². The van der Waals surface area contributed by atoms with Gasteiger partial charge in [-0.1, -0.05) is 26.2 Å². The van der Waals surface area contributed by atoms with E-state index in [0.717, 1.165) is 0 Å². The van der Waals surface area contributed by atoms with Crippen LogP contribution in [0.3, 0.4) is 0 Å². The zero-order chi connectivity index (χ0) is 10.9. The normalized spacial score (nSPS) is 15.2. The Balaban J connectivity index is 4.63. The molecule has 0 radical (unpaired) electrons. The summed E-state index contributed by atoms with van der Waals surface area (Å²) in [5.74, 6) is 0. The van der Waals surface area contributed by atoms with Crippen molar-refractivity contribution in [1.82, 2.24) is 8.46 Å². The molecule has 0 bridgehead atoms. The van der Waals surface area contributed by atoms with E-state index in [2.05, 4.69) is 61.8 Å². The van der Waals surface area contributed by atoms with Crippen LogP contribution in [-0.2, 0) is 0 Å². The van der Waals surface area contributed by atoms with Crippen LogP contribution in [0.4, 0.5) is 0 Å². The molecule has 0 spiro atoms. The maximum absolute atomic E-state index is 2.72. The van der Waals surface area contributed by atoms with Gasteiger partial charge in [-0.05, 0) is 27.2 Å². The molecule has 80 valence electrons. The fourth-order valence-electron chi connectivity index (χ4n) is 1.46. The molecule has 0 fully saturated rings. The van der Waals surface area contributed by atoms with Gasteiger partial charge in [0.2, 0.25) is 0 Å². The summed E-state index contributed by atoms with van der Waals surface area (Å²) in [4.78, 5) is 0. The Labute approximate surface area is 88.5 Å². The van der Waals surface area contributed by atoms with Crippen LogP contribution in [0.5, 0.6) is 0 Å². The molecule has 0 aromatic carbocycles. The third kappa shape index (κ3) is 3.32. The van der Waals surface area contributed by atoms with E-state index in [-0.39, 0.29) is 9.68 Å². The summed E-state index contributed by atoms with van der Waals surface area (Å²) in [5.41, 5.74) is 0. The van der Waals surface area contributed by atoms with Crippen molar-refractivity contribution in [3.05, 3.63) is 0 Å². The molecule has 13 heavy (non-hydrogen) atoms. The summed E-state index contributed by atoms with van der Waals surface area (Å²) >= 11 is 0. The number of hydrogen-bond donors (Lipinski definition) is 0. The minimum Gasteiger partial charge on any atom is -0.342 e. The van der Waals surface area contributed by atoms with Gasteiger partial charge in [-0.2, -0.15) is 0 Å². The summed E-state index contributed by atoms with van der Waals surface area (Å²) in [6.45, 7) is 14.6. The second kappa shape index (κ2) is 4.39. The summed E-state index contributed by atoms with van der Waals surface area (Å²) in [5, 5.41) is 0. The topological polar surface area (TPSA) is 6.48 Å². The fraction of sp³-hybridized carbons (Fsp3) is 1.00. The van der Waals surface area contributed by atoms with Crippen LogP contribution in [0.15, 0.2) is 0 Å². The highest BCUT2D eigenvalue weighted by Gasteiger charge is 2.37. The SMILES string of the molecule is C[SiH2]N(C)[Si](C)(C)N(C)[Si](C)(C)C. The Hall–Kier alpha value is 0.571. The highest BCUT2D eigenvalue weighted by molar-refractivity contribution is 6.90. The van der Waals surface area contributed by atoms with Crippen molar-refractivity contribution in [2.24, 2.45) is 0 Å². The number of rotatable bonds is 4. The molecule has 0 rings (SSSR count). The lowest BCUT2D eigenvalue weighted by atomic mass is 11.6. The first-order chi connectivity index (χ1) is 5.64. The summed E-state index contributed by atoms with van der Waals surface area (Å²) in [7, 11) is 2.30. The molecule has 0 aromatic rings. The summed E-state index contributed by atoms with van der Waals surface area (Å²) in [6, 6.07) is 0. The molecule has 0 aliphatic rings. The van der Waals surface area contributed by atoms with Gasteiger partial charge in [-0.3, -0.25) is 0 Å². The monoisotopic (exact) mass is 234 g/mol. The van der Waals surface area contributed by atoms with Gasteiger partial charge in [0.25, 0.3) is 0 Å². The molecule has 0 aliphatic carbocycles. The molecule has 0 aromatic heterocycles. The van der Waals surface area contributed by atoms with Gasteiger partial charge in [-0.15, -0.1) is 0 Å². The van der Waals surface area contributed by atoms with E-state index < -0.39 is 16.6 Å². The van der Waals surface area contributed by atoms with Crippen LogP contribution in [-0.4, -0.2) is 48.9 Å². The van der Waals surface area contributed by atoms with Crippen molar-refractivity contribution in [1.29, 1.82) is 0 Å². The van der Waals surface area contributed by atoms with Gasteiger partial charge in [-0.25, -0.2) is 0 Å². The van der Waals surface area contributed by atoms with Gasteiger partial charge in [0, 0.05) is 0 Å². The molecule has 0 aliphatic heterocycles. The van der Waals surface area contributed by atoms with E-state index in [1.165, 1.54) is 0 Å². The van der Waals surface area contributed by atoms with Crippen LogP contribution < -0.4 is 0 Å². The van der Waals surface area contributed by atoms with Crippen molar-refractivity contribution in [2.45, 2.75) is 39.3 Å². The lowest BCUT2D eigenvalue weighted by Gasteiger charge is -2.47. The Morgan fingerprint density at radius 2 is 1.31 bits per heavy atom. The van der Waals surface area contributed by atoms with Gasteiger partial charge in [0.05, 0.1) is 9.68 Å². The highest BCUT2D eigenvalue weighted by atomic mass is 28.4. The van der Waals surface area contributed by atoms with Crippen LogP contribution in [0.25, 0.3) is 0 Å². The van der Waals surface area contributed by atoms with Gasteiger partial charge in [0.15, 0.2) is 8.40 Å². The van der Waals surface area contributed by atoms with Gasteiger partial charge in [0.1, 0.15) is 8.24 Å². The Morgan fingerprint density at radius 1 is 0.923 bits per heavy atom. The minimum absolute atomic E-state index is 0.00906. The fourth-order valence-corrected chi connectivity index (χ4v) is 13.2. The van der Waals surface area contributed by atoms with Crippen molar-refractivity contribution in [3.63, 3.8) is 0 Å². The zero-order valence-corrected chi connectivity index (χ0v) is 14.0. The smallest absolute Gasteiger partial charge is 0.186 e. The van der Waals surface area contributed by atoms with E-state index in [4.69, 9.17) is 0 Å². The first kappa shape index (κ1) is 13.6. The van der Waals surface area contributed by atoms with E-state index >= 15 is 0 Å². The molecule has 0 heterocycles. The van der Waals surface area contributed by atoms with E-state index in [9.17, 15) is 0 Å². The van der Waals surface area contributed by atoms with Crippen molar-refractivity contribution in [2.75, 3.05) is 14.1 Å². The number of hydrogen-bond acceptors (Lipinski definition) is 2. The lowest BCUT2D eigenvalue weighted by Crippen LogP contribution is -2.66. The lowest BCUT2D eigenvalue weighted by molar-refractivity contribution is 0.639. The molecule has 0 amide bonds. The molecule has 0 saturated heterocycles. The standard InChI is InChI=1S/C8H26N2Si3/c1-9(11-3)13(7,8)10(2)12(4,5)6/h11H2,1-8H3.